The van der Waals surface area contributed by atoms with Gasteiger partial charge in [-0.3, -0.25) is 4.79 Å². The van der Waals surface area contributed by atoms with E-state index in [1.165, 1.54) is 17.7 Å². The Morgan fingerprint density at radius 3 is 2.47 bits per heavy atom. The number of hydrogen-bond donors (Lipinski definition) is 2. The van der Waals surface area contributed by atoms with Crippen molar-refractivity contribution in [3.63, 3.8) is 0 Å². The summed E-state index contributed by atoms with van der Waals surface area (Å²) in [4.78, 5) is 21.7. The highest BCUT2D eigenvalue weighted by Gasteiger charge is 2.18. The first-order valence-electron chi connectivity index (χ1n) is 5.48. The average molecular weight is 320 g/mol. The Labute approximate surface area is 124 Å². The van der Waals surface area contributed by atoms with E-state index in [2.05, 4.69) is 5.32 Å². The van der Waals surface area contributed by atoms with E-state index in [1.54, 1.807) is 10.8 Å². The second-order valence-corrected chi connectivity index (χ2v) is 6.71. The summed E-state index contributed by atoms with van der Waals surface area (Å²) in [5.41, 5.74) is 1.12. The second-order valence-electron chi connectivity index (χ2n) is 3.76. The van der Waals surface area contributed by atoms with E-state index < -0.39 is 12.0 Å². The van der Waals surface area contributed by atoms with Crippen LogP contribution in [-0.2, 0) is 15.3 Å². The number of hydrogen-bond acceptors (Lipinski definition) is 4. The van der Waals surface area contributed by atoms with Crippen LogP contribution in [0.1, 0.15) is 12.5 Å². The number of carbonyl (C=O) groups is 2. The number of benzene rings is 1. The number of rotatable bonds is 7. The SMILES string of the molecule is CC(=O)N[C@@H](CSSCc1ccc(Cl)cc1)C(=O)O. The third-order valence-corrected chi connectivity index (χ3v) is 4.73. The fraction of sp³-hybridized carbons (Fsp3) is 0.333. The molecule has 0 aromatic heterocycles. The van der Waals surface area contributed by atoms with Gasteiger partial charge in [-0.15, -0.1) is 0 Å². The number of aliphatic carboxylic acids is 1. The van der Waals surface area contributed by atoms with E-state index in [1.807, 2.05) is 24.3 Å². The van der Waals surface area contributed by atoms with Gasteiger partial charge in [-0.2, -0.15) is 0 Å². The standard InChI is InChI=1S/C12H14ClNO3S2/c1-8(15)14-11(12(16)17)7-19-18-6-9-2-4-10(13)5-3-9/h2-5,11H,6-7H2,1H3,(H,14,15)(H,16,17)/t11-/m0/s1. The zero-order valence-electron chi connectivity index (χ0n) is 10.3. The van der Waals surface area contributed by atoms with Crippen LogP contribution in [0.3, 0.4) is 0 Å². The molecule has 0 fully saturated rings. The molecule has 0 aliphatic rings. The molecule has 0 aliphatic heterocycles. The van der Waals surface area contributed by atoms with Crippen molar-refractivity contribution in [3.05, 3.63) is 34.9 Å². The lowest BCUT2D eigenvalue weighted by Gasteiger charge is -2.12. The van der Waals surface area contributed by atoms with Gasteiger partial charge in [0.1, 0.15) is 6.04 Å². The molecular weight excluding hydrogens is 306 g/mol. The topological polar surface area (TPSA) is 66.4 Å². The third kappa shape index (κ3) is 6.75. The molecule has 1 atom stereocenters. The summed E-state index contributed by atoms with van der Waals surface area (Å²) in [6.07, 6.45) is 0. The number of halogens is 1. The number of nitrogens with one attached hydrogen (secondary N) is 1. The van der Waals surface area contributed by atoms with Crippen LogP contribution in [0.4, 0.5) is 0 Å². The van der Waals surface area contributed by atoms with E-state index >= 15 is 0 Å². The van der Waals surface area contributed by atoms with Crippen LogP contribution < -0.4 is 5.32 Å². The molecule has 1 aromatic carbocycles. The van der Waals surface area contributed by atoms with Crippen molar-refractivity contribution in [2.45, 2.75) is 18.7 Å². The van der Waals surface area contributed by atoms with Gasteiger partial charge >= 0.3 is 5.97 Å². The molecule has 1 amide bonds. The maximum atomic E-state index is 10.9. The zero-order valence-corrected chi connectivity index (χ0v) is 12.6. The van der Waals surface area contributed by atoms with Crippen LogP contribution in [0.5, 0.6) is 0 Å². The highest BCUT2D eigenvalue weighted by molar-refractivity contribution is 8.76. The summed E-state index contributed by atoms with van der Waals surface area (Å²) in [6, 6.07) is 6.65. The van der Waals surface area contributed by atoms with E-state index in [9.17, 15) is 9.59 Å². The summed E-state index contributed by atoms with van der Waals surface area (Å²) in [5, 5.41) is 12.0. The van der Waals surface area contributed by atoms with Crippen molar-refractivity contribution in [2.75, 3.05) is 5.75 Å². The first-order chi connectivity index (χ1) is 8.99. The zero-order chi connectivity index (χ0) is 14.3. The van der Waals surface area contributed by atoms with E-state index in [4.69, 9.17) is 16.7 Å². The average Bonchev–Trinajstić information content (AvgIpc) is 2.34. The molecule has 1 aromatic rings. The lowest BCUT2D eigenvalue weighted by molar-refractivity contribution is -0.140. The van der Waals surface area contributed by atoms with Gasteiger partial charge in [0, 0.05) is 23.5 Å². The van der Waals surface area contributed by atoms with E-state index in [0.717, 1.165) is 11.3 Å². The lowest BCUT2D eigenvalue weighted by atomic mass is 10.2. The molecule has 0 bridgehead atoms. The number of carboxylic acids is 1. The highest BCUT2D eigenvalue weighted by Crippen LogP contribution is 2.27. The molecule has 0 heterocycles. The molecule has 0 spiro atoms. The first-order valence-corrected chi connectivity index (χ1v) is 8.34. The molecule has 0 radical (unpaired) electrons. The van der Waals surface area contributed by atoms with Crippen molar-refractivity contribution in [1.29, 1.82) is 0 Å². The maximum Gasteiger partial charge on any atom is 0.327 e. The minimum atomic E-state index is -1.02. The Bertz CT molecular complexity index is 439. The molecule has 104 valence electrons. The number of carbonyl (C=O) groups excluding carboxylic acids is 1. The molecule has 0 unspecified atom stereocenters. The van der Waals surface area contributed by atoms with Gasteiger partial charge in [0.05, 0.1) is 0 Å². The van der Waals surface area contributed by atoms with Crippen molar-refractivity contribution in [2.24, 2.45) is 0 Å². The van der Waals surface area contributed by atoms with Crippen molar-refractivity contribution >= 4 is 45.1 Å². The van der Waals surface area contributed by atoms with Crippen LogP contribution in [0.25, 0.3) is 0 Å². The van der Waals surface area contributed by atoms with Gasteiger partial charge in [0.2, 0.25) is 5.91 Å². The smallest absolute Gasteiger partial charge is 0.327 e. The summed E-state index contributed by atoms with van der Waals surface area (Å²) in [5.74, 6) is -0.271. The Morgan fingerprint density at radius 1 is 1.32 bits per heavy atom. The number of amides is 1. The number of carboxylic acid groups (broad SMARTS) is 1. The normalized spacial score (nSPS) is 11.9. The maximum absolute atomic E-state index is 10.9. The molecule has 19 heavy (non-hydrogen) atoms. The molecule has 2 N–H and O–H groups in total. The fourth-order valence-electron chi connectivity index (χ4n) is 1.23. The van der Waals surface area contributed by atoms with Crippen LogP contribution in [0.15, 0.2) is 24.3 Å². The predicted octanol–water partition coefficient (Wildman–Crippen LogP) is 2.81. The fourth-order valence-corrected chi connectivity index (χ4v) is 3.58. The largest absolute Gasteiger partial charge is 0.480 e. The Balaban J connectivity index is 2.30. The summed E-state index contributed by atoms with van der Waals surface area (Å²) >= 11 is 5.78. The lowest BCUT2D eigenvalue weighted by Crippen LogP contribution is -2.41. The summed E-state index contributed by atoms with van der Waals surface area (Å²) < 4.78 is 0. The molecule has 0 aliphatic carbocycles. The third-order valence-electron chi connectivity index (χ3n) is 2.13. The van der Waals surface area contributed by atoms with Gasteiger partial charge in [-0.1, -0.05) is 45.3 Å². The summed E-state index contributed by atoms with van der Waals surface area (Å²) in [7, 11) is 2.96. The molecular formula is C12H14ClNO3S2. The van der Waals surface area contributed by atoms with Crippen LogP contribution in [0, 0.1) is 0 Å². The molecule has 7 heteroatoms. The second kappa shape index (κ2) is 8.35. The molecule has 0 saturated carbocycles. The van der Waals surface area contributed by atoms with Crippen molar-refractivity contribution in [3.8, 4) is 0 Å². The van der Waals surface area contributed by atoms with Gasteiger partial charge in [-0.25, -0.2) is 4.79 Å². The Hall–Kier alpha value is -0.850. The Morgan fingerprint density at radius 2 is 1.95 bits per heavy atom. The quantitative estimate of drug-likeness (QED) is 0.597. The highest BCUT2D eigenvalue weighted by atomic mass is 35.5. The minimum Gasteiger partial charge on any atom is -0.480 e. The molecule has 1 rings (SSSR count). The molecule has 4 nitrogen and oxygen atoms in total. The van der Waals surface area contributed by atoms with Crippen molar-refractivity contribution in [1.82, 2.24) is 5.32 Å². The summed E-state index contributed by atoms with van der Waals surface area (Å²) in [6.45, 7) is 1.31. The minimum absolute atomic E-state index is 0.327. The van der Waals surface area contributed by atoms with Gasteiger partial charge in [0.15, 0.2) is 0 Å². The van der Waals surface area contributed by atoms with Gasteiger partial charge in [0.25, 0.3) is 0 Å². The van der Waals surface area contributed by atoms with Crippen LogP contribution in [-0.4, -0.2) is 28.8 Å². The van der Waals surface area contributed by atoms with E-state index in [0.29, 0.717) is 10.8 Å². The monoisotopic (exact) mass is 319 g/mol. The van der Waals surface area contributed by atoms with Gasteiger partial charge < -0.3 is 10.4 Å². The predicted molar refractivity (Wildman–Crippen MR) is 80.4 cm³/mol. The Kier molecular flexibility index (Phi) is 7.12. The van der Waals surface area contributed by atoms with Crippen LogP contribution >= 0.6 is 33.2 Å². The van der Waals surface area contributed by atoms with Crippen LogP contribution in [0.2, 0.25) is 5.02 Å². The van der Waals surface area contributed by atoms with Crippen molar-refractivity contribution < 1.29 is 14.7 Å². The van der Waals surface area contributed by atoms with E-state index in [-0.39, 0.29) is 5.91 Å². The molecule has 0 saturated heterocycles. The van der Waals surface area contributed by atoms with Gasteiger partial charge in [-0.05, 0) is 17.7 Å². The first kappa shape index (κ1) is 16.2.